The van der Waals surface area contributed by atoms with E-state index in [1.54, 1.807) is 19.0 Å². The normalized spacial score (nSPS) is 17.3. The van der Waals surface area contributed by atoms with Gasteiger partial charge in [0.25, 0.3) is 0 Å². The van der Waals surface area contributed by atoms with Gasteiger partial charge in [-0.2, -0.15) is 0 Å². The Labute approximate surface area is 134 Å². The van der Waals surface area contributed by atoms with Crippen molar-refractivity contribution >= 4 is 11.8 Å². The second-order valence-corrected chi connectivity index (χ2v) is 6.50. The van der Waals surface area contributed by atoms with Crippen LogP contribution in [0.25, 0.3) is 0 Å². The van der Waals surface area contributed by atoms with Gasteiger partial charge in [0.15, 0.2) is 0 Å². The molecule has 22 heavy (non-hydrogen) atoms. The number of amides is 2. The first-order chi connectivity index (χ1) is 10.4. The fourth-order valence-corrected chi connectivity index (χ4v) is 2.86. The van der Waals surface area contributed by atoms with Crippen molar-refractivity contribution in [3.8, 4) is 0 Å². The Morgan fingerprint density at radius 3 is 2.18 bits per heavy atom. The van der Waals surface area contributed by atoms with E-state index in [4.69, 9.17) is 5.73 Å². The molecule has 0 atom stereocenters. The molecule has 6 nitrogen and oxygen atoms in total. The number of hydrogen-bond donors (Lipinski definition) is 2. The molecule has 0 spiro atoms. The van der Waals surface area contributed by atoms with Crippen molar-refractivity contribution in [1.29, 1.82) is 0 Å². The third-order valence-electron chi connectivity index (χ3n) is 5.01. The van der Waals surface area contributed by atoms with Gasteiger partial charge in [-0.25, -0.2) is 0 Å². The Morgan fingerprint density at radius 2 is 1.77 bits per heavy atom. The molecule has 0 aliphatic carbocycles. The lowest BCUT2D eigenvalue weighted by Crippen LogP contribution is -2.52. The zero-order chi connectivity index (χ0) is 16.8. The quantitative estimate of drug-likeness (QED) is 0.714. The maximum absolute atomic E-state index is 12.5. The average Bonchev–Trinajstić information content (AvgIpc) is 2.51. The smallest absolute Gasteiger partial charge is 0.236 e. The van der Waals surface area contributed by atoms with Crippen molar-refractivity contribution in [3.63, 3.8) is 0 Å². The molecule has 3 N–H and O–H groups in total. The van der Waals surface area contributed by atoms with Crippen molar-refractivity contribution in [3.05, 3.63) is 0 Å². The molecule has 1 aliphatic heterocycles. The highest BCUT2D eigenvalue weighted by Crippen LogP contribution is 2.25. The summed E-state index contributed by atoms with van der Waals surface area (Å²) in [6.07, 6.45) is 3.31. The maximum Gasteiger partial charge on any atom is 0.236 e. The fraction of sp³-hybridized carbons (Fsp3) is 0.875. The lowest BCUT2D eigenvalue weighted by molar-refractivity contribution is -0.133. The predicted octanol–water partition coefficient (Wildman–Crippen LogP) is 0.420. The van der Waals surface area contributed by atoms with E-state index in [2.05, 4.69) is 10.2 Å². The van der Waals surface area contributed by atoms with Crippen LogP contribution in [0.4, 0.5) is 0 Å². The number of nitrogens with one attached hydrogen (secondary N) is 1. The largest absolute Gasteiger partial charge is 0.353 e. The van der Waals surface area contributed by atoms with E-state index >= 15 is 0 Å². The number of likely N-dealkylation sites (tertiary alicyclic amines) is 1. The van der Waals surface area contributed by atoms with Gasteiger partial charge in [-0.05, 0) is 25.7 Å². The van der Waals surface area contributed by atoms with Crippen LogP contribution in [0.3, 0.4) is 0 Å². The highest BCUT2D eigenvalue weighted by molar-refractivity contribution is 5.83. The van der Waals surface area contributed by atoms with Crippen LogP contribution in [-0.2, 0) is 9.59 Å². The van der Waals surface area contributed by atoms with Gasteiger partial charge in [-0.1, -0.05) is 13.8 Å². The highest BCUT2D eigenvalue weighted by Gasteiger charge is 2.35. The molecular formula is C16H32N4O2. The summed E-state index contributed by atoms with van der Waals surface area (Å²) in [7, 11) is 3.55. The summed E-state index contributed by atoms with van der Waals surface area (Å²) in [5.74, 6) is 0.212. The molecule has 1 saturated heterocycles. The Bertz CT molecular complexity index is 364. The zero-order valence-electron chi connectivity index (χ0n) is 14.5. The third-order valence-corrected chi connectivity index (χ3v) is 5.01. The van der Waals surface area contributed by atoms with Crippen LogP contribution in [0, 0.1) is 5.41 Å². The molecule has 0 aromatic rings. The summed E-state index contributed by atoms with van der Waals surface area (Å²) in [4.78, 5) is 28.0. The number of piperidine rings is 1. The first kappa shape index (κ1) is 18.9. The molecule has 1 fully saturated rings. The molecule has 0 unspecified atom stereocenters. The van der Waals surface area contributed by atoms with E-state index < -0.39 is 5.41 Å². The summed E-state index contributed by atoms with van der Waals surface area (Å²) in [6, 6.07) is 0.197. The highest BCUT2D eigenvalue weighted by atomic mass is 16.2. The molecule has 1 rings (SSSR count). The molecule has 2 amide bonds. The standard InChI is InChI=1S/C16H32N4O2/c1-5-16(6-2,12-17)15(22)18-13-7-9-20(10-8-13)11-14(21)19(3)4/h13H,5-12,17H2,1-4H3,(H,18,22). The van der Waals surface area contributed by atoms with Crippen LogP contribution in [-0.4, -0.2) is 67.9 Å². The summed E-state index contributed by atoms with van der Waals surface area (Å²) >= 11 is 0. The van der Waals surface area contributed by atoms with Crippen LogP contribution in [0.1, 0.15) is 39.5 Å². The minimum atomic E-state index is -0.433. The number of nitrogens with zero attached hydrogens (tertiary/aromatic N) is 2. The van der Waals surface area contributed by atoms with E-state index in [1.807, 2.05) is 13.8 Å². The van der Waals surface area contributed by atoms with Crippen molar-refractivity contribution in [1.82, 2.24) is 15.1 Å². The fourth-order valence-electron chi connectivity index (χ4n) is 2.86. The number of nitrogens with two attached hydrogens (primary N) is 1. The predicted molar refractivity (Wildman–Crippen MR) is 88.4 cm³/mol. The molecule has 6 heteroatoms. The van der Waals surface area contributed by atoms with E-state index in [0.717, 1.165) is 38.8 Å². The zero-order valence-corrected chi connectivity index (χ0v) is 14.5. The van der Waals surface area contributed by atoms with Gasteiger partial charge in [-0.3, -0.25) is 14.5 Å². The number of hydrogen-bond acceptors (Lipinski definition) is 4. The van der Waals surface area contributed by atoms with E-state index in [9.17, 15) is 9.59 Å². The molecule has 1 aliphatic rings. The van der Waals surface area contributed by atoms with E-state index in [0.29, 0.717) is 13.1 Å². The Morgan fingerprint density at radius 1 is 1.23 bits per heavy atom. The molecule has 128 valence electrons. The SMILES string of the molecule is CCC(CC)(CN)C(=O)NC1CCN(CC(=O)N(C)C)CC1. The Kier molecular flexibility index (Phi) is 7.29. The van der Waals surface area contributed by atoms with Crippen LogP contribution < -0.4 is 11.1 Å². The first-order valence-electron chi connectivity index (χ1n) is 8.32. The third kappa shape index (κ3) is 4.68. The molecule has 0 aromatic carbocycles. The second kappa shape index (κ2) is 8.48. The number of likely N-dealkylation sites (N-methyl/N-ethyl adjacent to an activating group) is 1. The topological polar surface area (TPSA) is 78.7 Å². The van der Waals surface area contributed by atoms with E-state index in [-0.39, 0.29) is 17.9 Å². The van der Waals surface area contributed by atoms with Crippen LogP contribution in [0.2, 0.25) is 0 Å². The lowest BCUT2D eigenvalue weighted by Gasteiger charge is -2.35. The minimum absolute atomic E-state index is 0.0859. The molecule has 0 saturated carbocycles. The van der Waals surface area contributed by atoms with Crippen molar-refractivity contribution in [2.45, 2.75) is 45.6 Å². The average molecular weight is 312 g/mol. The molecule has 0 radical (unpaired) electrons. The molecule has 0 bridgehead atoms. The Balaban J connectivity index is 2.45. The summed E-state index contributed by atoms with van der Waals surface area (Å²) in [5, 5.41) is 3.17. The summed E-state index contributed by atoms with van der Waals surface area (Å²) < 4.78 is 0. The van der Waals surface area contributed by atoms with E-state index in [1.165, 1.54) is 0 Å². The Hall–Kier alpha value is -1.14. The van der Waals surface area contributed by atoms with Crippen molar-refractivity contribution in [2.75, 3.05) is 40.3 Å². The van der Waals surface area contributed by atoms with Crippen LogP contribution in [0.15, 0.2) is 0 Å². The summed E-state index contributed by atoms with van der Waals surface area (Å²) in [5.41, 5.74) is 5.40. The molecule has 0 aromatic heterocycles. The van der Waals surface area contributed by atoms with Crippen LogP contribution in [0.5, 0.6) is 0 Å². The minimum Gasteiger partial charge on any atom is -0.353 e. The van der Waals surface area contributed by atoms with Crippen LogP contribution >= 0.6 is 0 Å². The van der Waals surface area contributed by atoms with Gasteiger partial charge >= 0.3 is 0 Å². The van der Waals surface area contributed by atoms with Gasteiger partial charge < -0.3 is 16.0 Å². The van der Waals surface area contributed by atoms with Gasteiger partial charge in [0.2, 0.25) is 11.8 Å². The first-order valence-corrected chi connectivity index (χ1v) is 8.32. The number of carbonyl (C=O) groups excluding carboxylic acids is 2. The second-order valence-electron chi connectivity index (χ2n) is 6.50. The van der Waals surface area contributed by atoms with Crippen molar-refractivity contribution in [2.24, 2.45) is 11.1 Å². The van der Waals surface area contributed by atoms with Gasteiger partial charge in [0.1, 0.15) is 0 Å². The van der Waals surface area contributed by atoms with Crippen molar-refractivity contribution < 1.29 is 9.59 Å². The molecule has 1 heterocycles. The maximum atomic E-state index is 12.5. The van der Waals surface area contributed by atoms with Gasteiger partial charge in [0, 0.05) is 39.8 Å². The molecular weight excluding hydrogens is 280 g/mol. The summed E-state index contributed by atoms with van der Waals surface area (Å²) in [6.45, 7) is 6.58. The monoisotopic (exact) mass is 312 g/mol. The van der Waals surface area contributed by atoms with Gasteiger partial charge in [0.05, 0.1) is 12.0 Å². The lowest BCUT2D eigenvalue weighted by atomic mass is 9.81. The number of rotatable bonds is 7. The van der Waals surface area contributed by atoms with Gasteiger partial charge in [-0.15, -0.1) is 0 Å². The number of carbonyl (C=O) groups is 2.